The Morgan fingerprint density at radius 1 is 1.08 bits per heavy atom. The molecule has 0 spiro atoms. The van der Waals surface area contributed by atoms with E-state index < -0.39 is 0 Å². The van der Waals surface area contributed by atoms with E-state index in [0.29, 0.717) is 5.56 Å². The number of nitrogens with one attached hydrogen (secondary N) is 3. The highest BCUT2D eigenvalue weighted by atomic mass is 127. The number of hydrogen-bond acceptors (Lipinski definition) is 2. The van der Waals surface area contributed by atoms with Crippen LogP contribution in [0.1, 0.15) is 27.0 Å². The van der Waals surface area contributed by atoms with E-state index in [1.54, 1.807) is 14.1 Å². The Morgan fingerprint density at radius 3 is 2.54 bits per heavy atom. The Labute approximate surface area is 172 Å². The topological polar surface area (TPSA) is 65.5 Å². The van der Waals surface area contributed by atoms with Crippen LogP contribution in [-0.4, -0.2) is 32.5 Å². The summed E-state index contributed by atoms with van der Waals surface area (Å²) in [7, 11) is 3.40. The van der Waals surface area contributed by atoms with Crippen LogP contribution in [0.15, 0.2) is 53.5 Å². The van der Waals surface area contributed by atoms with Crippen molar-refractivity contribution in [2.24, 2.45) is 4.99 Å². The van der Waals surface area contributed by atoms with E-state index in [2.05, 4.69) is 40.0 Å². The fourth-order valence-electron chi connectivity index (χ4n) is 2.55. The van der Waals surface area contributed by atoms with Crippen LogP contribution in [0.25, 0.3) is 0 Å². The van der Waals surface area contributed by atoms with Crippen LogP contribution in [0.4, 0.5) is 0 Å². The molecular weight excluding hydrogens is 439 g/mol. The monoisotopic (exact) mass is 466 g/mol. The number of carbonyl (C=O) groups excluding carboxylic acids is 1. The number of aliphatic imine (C=N–C) groups is 1. The van der Waals surface area contributed by atoms with Gasteiger partial charge < -0.3 is 16.0 Å². The zero-order valence-electron chi connectivity index (χ0n) is 15.5. The number of halogens is 1. The van der Waals surface area contributed by atoms with Gasteiger partial charge in [0.1, 0.15) is 0 Å². The normalized spacial score (nSPS) is 10.7. The van der Waals surface area contributed by atoms with E-state index in [1.165, 1.54) is 11.1 Å². The second-order valence-electron chi connectivity index (χ2n) is 5.81. The SMILES string of the molecule is CN=C(NCCc1cccc(C(=O)NC)c1)NCc1ccccc1C.I. The fourth-order valence-corrected chi connectivity index (χ4v) is 2.55. The third kappa shape index (κ3) is 6.67. The van der Waals surface area contributed by atoms with Crippen molar-refractivity contribution < 1.29 is 4.79 Å². The maximum atomic E-state index is 11.7. The van der Waals surface area contributed by atoms with Gasteiger partial charge in [-0.2, -0.15) is 0 Å². The van der Waals surface area contributed by atoms with Crippen molar-refractivity contribution in [3.63, 3.8) is 0 Å². The van der Waals surface area contributed by atoms with Gasteiger partial charge in [0.15, 0.2) is 5.96 Å². The Bertz CT molecular complexity index is 746. The first kappa shape index (κ1) is 22.0. The molecular formula is C20H27IN4O. The summed E-state index contributed by atoms with van der Waals surface area (Å²) >= 11 is 0. The van der Waals surface area contributed by atoms with Crippen LogP contribution in [0, 0.1) is 6.92 Å². The molecule has 0 unspecified atom stereocenters. The Kier molecular flexibility index (Phi) is 9.72. The minimum absolute atomic E-state index is 0. The number of guanidine groups is 1. The first-order valence-electron chi connectivity index (χ1n) is 8.44. The first-order chi connectivity index (χ1) is 12.1. The van der Waals surface area contributed by atoms with Crippen LogP contribution < -0.4 is 16.0 Å². The van der Waals surface area contributed by atoms with Gasteiger partial charge in [0, 0.05) is 32.7 Å². The highest BCUT2D eigenvalue weighted by Gasteiger charge is 2.04. The zero-order chi connectivity index (χ0) is 18.1. The second-order valence-corrected chi connectivity index (χ2v) is 5.81. The van der Waals surface area contributed by atoms with Crippen LogP contribution in [-0.2, 0) is 13.0 Å². The van der Waals surface area contributed by atoms with Gasteiger partial charge >= 0.3 is 0 Å². The molecule has 2 aromatic rings. The van der Waals surface area contributed by atoms with Gasteiger partial charge in [0.2, 0.25) is 0 Å². The molecule has 0 aliphatic carbocycles. The summed E-state index contributed by atoms with van der Waals surface area (Å²) in [6.45, 7) is 3.58. The van der Waals surface area contributed by atoms with E-state index in [4.69, 9.17) is 0 Å². The number of amides is 1. The largest absolute Gasteiger partial charge is 0.356 e. The molecule has 1 amide bonds. The van der Waals surface area contributed by atoms with Gasteiger partial charge in [-0.1, -0.05) is 36.4 Å². The molecule has 0 aliphatic rings. The molecule has 26 heavy (non-hydrogen) atoms. The van der Waals surface area contributed by atoms with E-state index >= 15 is 0 Å². The molecule has 2 rings (SSSR count). The lowest BCUT2D eigenvalue weighted by atomic mass is 10.1. The molecule has 0 aliphatic heterocycles. The summed E-state index contributed by atoms with van der Waals surface area (Å²) in [6, 6.07) is 16.0. The molecule has 0 heterocycles. The molecule has 0 atom stereocenters. The number of nitrogens with zero attached hydrogens (tertiary/aromatic N) is 1. The molecule has 2 aromatic carbocycles. The molecule has 6 heteroatoms. The van der Waals surface area contributed by atoms with Gasteiger partial charge in [-0.15, -0.1) is 24.0 Å². The Hall–Kier alpha value is -2.09. The average Bonchev–Trinajstić information content (AvgIpc) is 2.65. The molecule has 0 aromatic heterocycles. The van der Waals surface area contributed by atoms with Gasteiger partial charge in [-0.25, -0.2) is 0 Å². The predicted octanol–water partition coefficient (Wildman–Crippen LogP) is 2.88. The fraction of sp³-hybridized carbons (Fsp3) is 0.300. The van der Waals surface area contributed by atoms with E-state index in [0.717, 1.165) is 31.0 Å². The van der Waals surface area contributed by atoms with Crippen molar-refractivity contribution >= 4 is 35.8 Å². The summed E-state index contributed by atoms with van der Waals surface area (Å²) < 4.78 is 0. The summed E-state index contributed by atoms with van der Waals surface area (Å²) in [5.74, 6) is 0.705. The van der Waals surface area contributed by atoms with Crippen LogP contribution in [0.2, 0.25) is 0 Å². The molecule has 5 nitrogen and oxygen atoms in total. The predicted molar refractivity (Wildman–Crippen MR) is 118 cm³/mol. The van der Waals surface area contributed by atoms with Crippen molar-refractivity contribution in [3.8, 4) is 0 Å². The van der Waals surface area contributed by atoms with Crippen LogP contribution >= 0.6 is 24.0 Å². The van der Waals surface area contributed by atoms with Crippen molar-refractivity contribution in [1.29, 1.82) is 0 Å². The first-order valence-corrected chi connectivity index (χ1v) is 8.44. The minimum atomic E-state index is -0.0643. The molecule has 0 saturated heterocycles. The van der Waals surface area contributed by atoms with Crippen molar-refractivity contribution in [2.75, 3.05) is 20.6 Å². The van der Waals surface area contributed by atoms with E-state index in [1.807, 2.05) is 36.4 Å². The average molecular weight is 466 g/mol. The molecule has 0 radical (unpaired) electrons. The third-order valence-electron chi connectivity index (χ3n) is 4.05. The van der Waals surface area contributed by atoms with Crippen molar-refractivity contribution in [3.05, 3.63) is 70.8 Å². The summed E-state index contributed by atoms with van der Waals surface area (Å²) in [5.41, 5.74) is 4.31. The lowest BCUT2D eigenvalue weighted by Gasteiger charge is -2.13. The van der Waals surface area contributed by atoms with E-state index in [9.17, 15) is 4.79 Å². The van der Waals surface area contributed by atoms with Gasteiger partial charge in [-0.3, -0.25) is 9.79 Å². The molecule has 0 bridgehead atoms. The second kappa shape index (κ2) is 11.5. The maximum Gasteiger partial charge on any atom is 0.251 e. The standard InChI is InChI=1S/C20H26N4O.HI/c1-15-7-4-5-9-18(15)14-24-20(22-3)23-12-11-16-8-6-10-17(13-16)19(25)21-2;/h4-10,13H,11-12,14H2,1-3H3,(H,21,25)(H2,22,23,24);1H. The molecule has 0 fully saturated rings. The van der Waals surface area contributed by atoms with Crippen LogP contribution in [0.5, 0.6) is 0 Å². The highest BCUT2D eigenvalue weighted by Crippen LogP contribution is 2.07. The van der Waals surface area contributed by atoms with Crippen molar-refractivity contribution in [2.45, 2.75) is 19.9 Å². The molecule has 3 N–H and O–H groups in total. The lowest BCUT2D eigenvalue weighted by Crippen LogP contribution is -2.38. The number of benzene rings is 2. The third-order valence-corrected chi connectivity index (χ3v) is 4.05. The van der Waals surface area contributed by atoms with Gasteiger partial charge in [0.25, 0.3) is 5.91 Å². The highest BCUT2D eigenvalue weighted by molar-refractivity contribution is 14.0. The quantitative estimate of drug-likeness (QED) is 0.349. The maximum absolute atomic E-state index is 11.7. The van der Waals surface area contributed by atoms with E-state index in [-0.39, 0.29) is 29.9 Å². The summed E-state index contributed by atoms with van der Waals surface area (Å²) in [4.78, 5) is 15.9. The lowest BCUT2D eigenvalue weighted by molar-refractivity contribution is 0.0963. The minimum Gasteiger partial charge on any atom is -0.356 e. The Morgan fingerprint density at radius 2 is 1.85 bits per heavy atom. The number of hydrogen-bond donors (Lipinski definition) is 3. The zero-order valence-corrected chi connectivity index (χ0v) is 17.8. The van der Waals surface area contributed by atoms with Crippen molar-refractivity contribution in [1.82, 2.24) is 16.0 Å². The number of aryl methyl sites for hydroxylation is 1. The molecule has 140 valence electrons. The Balaban J connectivity index is 0.00000338. The smallest absolute Gasteiger partial charge is 0.251 e. The summed E-state index contributed by atoms with van der Waals surface area (Å²) in [5, 5.41) is 9.28. The summed E-state index contributed by atoms with van der Waals surface area (Å²) in [6.07, 6.45) is 0.815. The van der Waals surface area contributed by atoms with Gasteiger partial charge in [0.05, 0.1) is 0 Å². The number of carbonyl (C=O) groups is 1. The van der Waals surface area contributed by atoms with Gasteiger partial charge in [-0.05, 0) is 42.2 Å². The number of rotatable bonds is 6. The molecule has 0 saturated carbocycles. The van der Waals surface area contributed by atoms with Crippen LogP contribution in [0.3, 0.4) is 0 Å².